The topological polar surface area (TPSA) is 32.8 Å². The molecule has 0 aromatic heterocycles. The fraction of sp³-hybridized carbons (Fsp3) is 0.533. The summed E-state index contributed by atoms with van der Waals surface area (Å²) in [7, 11) is 2.11. The number of nitrogens with zero attached hydrogens (tertiary/aromatic N) is 2. The molecule has 0 N–H and O–H groups in total. The van der Waals surface area contributed by atoms with E-state index in [1.807, 2.05) is 4.90 Å². The van der Waals surface area contributed by atoms with Gasteiger partial charge in [0.2, 0.25) is 0 Å². The zero-order valence-electron chi connectivity index (χ0n) is 11.6. The number of rotatable bonds is 1. The molecule has 2 fully saturated rings. The van der Waals surface area contributed by atoms with Crippen LogP contribution in [0.25, 0.3) is 0 Å². The first-order valence-corrected chi connectivity index (χ1v) is 7.34. The number of likely N-dealkylation sites (N-methyl/N-ethyl adjacent to an activating group) is 1. The monoisotopic (exact) mass is 294 g/mol. The van der Waals surface area contributed by atoms with Gasteiger partial charge < -0.3 is 14.5 Å². The third kappa shape index (κ3) is 2.82. The van der Waals surface area contributed by atoms with Crippen molar-refractivity contribution in [1.82, 2.24) is 9.80 Å². The summed E-state index contributed by atoms with van der Waals surface area (Å²) >= 11 is 5.88. The highest BCUT2D eigenvalue weighted by molar-refractivity contribution is 6.30. The molecule has 2 aliphatic rings. The maximum atomic E-state index is 12.7. The van der Waals surface area contributed by atoms with Gasteiger partial charge in [-0.15, -0.1) is 0 Å². The van der Waals surface area contributed by atoms with Crippen molar-refractivity contribution < 1.29 is 9.53 Å². The van der Waals surface area contributed by atoms with Crippen molar-refractivity contribution >= 4 is 17.5 Å². The average molecular weight is 295 g/mol. The Balaban J connectivity index is 1.84. The molecule has 0 spiro atoms. The van der Waals surface area contributed by atoms with Crippen molar-refractivity contribution in [3.05, 3.63) is 34.9 Å². The Morgan fingerprint density at radius 3 is 2.70 bits per heavy atom. The van der Waals surface area contributed by atoms with Gasteiger partial charge in [-0.3, -0.25) is 4.79 Å². The van der Waals surface area contributed by atoms with Gasteiger partial charge in [0, 0.05) is 36.1 Å². The van der Waals surface area contributed by atoms with E-state index < -0.39 is 0 Å². The highest BCUT2D eigenvalue weighted by atomic mass is 35.5. The second kappa shape index (κ2) is 5.72. The van der Waals surface area contributed by atoms with Crippen molar-refractivity contribution in [3.63, 3.8) is 0 Å². The molecule has 2 bridgehead atoms. The van der Waals surface area contributed by atoms with Crippen molar-refractivity contribution in [3.8, 4) is 0 Å². The molecule has 0 unspecified atom stereocenters. The Morgan fingerprint density at radius 2 is 1.95 bits per heavy atom. The standard InChI is InChI=1S/C15H19ClN2O2/c1-17-6-11-7-18(14(8-17)10-20-9-11)15(19)12-2-4-13(16)5-3-12/h2-5,11,14H,6-10H2,1H3/t11-,14-/m0/s1. The van der Waals surface area contributed by atoms with Crippen molar-refractivity contribution in [2.24, 2.45) is 5.92 Å². The summed E-state index contributed by atoms with van der Waals surface area (Å²) < 4.78 is 5.70. The average Bonchev–Trinajstić information content (AvgIpc) is 2.69. The molecule has 2 aliphatic heterocycles. The molecule has 0 saturated carbocycles. The lowest BCUT2D eigenvalue weighted by molar-refractivity contribution is 0.0483. The molecule has 1 aromatic carbocycles. The summed E-state index contributed by atoms with van der Waals surface area (Å²) in [6.45, 7) is 4.00. The summed E-state index contributed by atoms with van der Waals surface area (Å²) in [5, 5.41) is 0.652. The van der Waals surface area contributed by atoms with Crippen LogP contribution in [0.1, 0.15) is 10.4 Å². The molecule has 5 heteroatoms. The molecule has 0 aliphatic carbocycles. The van der Waals surface area contributed by atoms with Gasteiger partial charge in [0.15, 0.2) is 0 Å². The largest absolute Gasteiger partial charge is 0.379 e. The van der Waals surface area contributed by atoms with E-state index in [2.05, 4.69) is 11.9 Å². The first-order chi connectivity index (χ1) is 9.63. The normalized spacial score (nSPS) is 27.2. The number of benzene rings is 1. The zero-order valence-corrected chi connectivity index (χ0v) is 12.3. The summed E-state index contributed by atoms with van der Waals surface area (Å²) in [5.41, 5.74) is 0.699. The van der Waals surface area contributed by atoms with Crippen LogP contribution in [0.2, 0.25) is 5.02 Å². The minimum absolute atomic E-state index is 0.0810. The molecule has 1 amide bonds. The Kier molecular flexibility index (Phi) is 3.96. The van der Waals surface area contributed by atoms with E-state index in [1.165, 1.54) is 0 Å². The van der Waals surface area contributed by atoms with Crippen LogP contribution in [0.4, 0.5) is 0 Å². The summed E-state index contributed by atoms with van der Waals surface area (Å²) in [4.78, 5) is 17.0. The van der Waals surface area contributed by atoms with Crippen LogP contribution in [0.3, 0.4) is 0 Å². The Labute approximate surface area is 124 Å². The second-order valence-electron chi connectivity index (χ2n) is 5.74. The lowest BCUT2D eigenvalue weighted by Crippen LogP contribution is -2.45. The lowest BCUT2D eigenvalue weighted by Gasteiger charge is -2.29. The molecule has 1 aromatic rings. The van der Waals surface area contributed by atoms with Crippen LogP contribution < -0.4 is 0 Å². The number of hydrogen-bond acceptors (Lipinski definition) is 3. The van der Waals surface area contributed by atoms with Crippen LogP contribution in [0.5, 0.6) is 0 Å². The van der Waals surface area contributed by atoms with Crippen molar-refractivity contribution in [2.45, 2.75) is 6.04 Å². The Bertz CT molecular complexity index is 491. The fourth-order valence-corrected chi connectivity index (χ4v) is 3.21. The molecule has 108 valence electrons. The maximum absolute atomic E-state index is 12.7. The third-order valence-electron chi connectivity index (χ3n) is 4.00. The Morgan fingerprint density at radius 1 is 1.20 bits per heavy atom. The zero-order chi connectivity index (χ0) is 14.1. The molecule has 2 heterocycles. The molecule has 20 heavy (non-hydrogen) atoms. The summed E-state index contributed by atoms with van der Waals surface area (Å²) in [6, 6.07) is 7.26. The fourth-order valence-electron chi connectivity index (χ4n) is 3.08. The first kappa shape index (κ1) is 13.9. The first-order valence-electron chi connectivity index (χ1n) is 6.96. The number of carbonyl (C=O) groups is 1. The third-order valence-corrected chi connectivity index (χ3v) is 4.26. The smallest absolute Gasteiger partial charge is 0.254 e. The number of ether oxygens (including phenoxy) is 1. The van der Waals surface area contributed by atoms with Crippen LogP contribution in [0.15, 0.2) is 24.3 Å². The van der Waals surface area contributed by atoms with Crippen LogP contribution in [-0.2, 0) is 4.74 Å². The highest BCUT2D eigenvalue weighted by Crippen LogP contribution is 2.21. The van der Waals surface area contributed by atoms with E-state index in [-0.39, 0.29) is 11.9 Å². The highest BCUT2D eigenvalue weighted by Gasteiger charge is 2.34. The van der Waals surface area contributed by atoms with E-state index in [0.29, 0.717) is 23.1 Å². The number of halogens is 1. The van der Waals surface area contributed by atoms with Gasteiger partial charge in [0.1, 0.15) is 0 Å². The lowest BCUT2D eigenvalue weighted by atomic mass is 10.1. The van der Waals surface area contributed by atoms with E-state index in [9.17, 15) is 4.79 Å². The molecule has 3 rings (SSSR count). The minimum Gasteiger partial charge on any atom is -0.379 e. The Hall–Kier alpha value is -1.10. The maximum Gasteiger partial charge on any atom is 0.254 e. The number of fused-ring (bicyclic) bond motifs is 3. The van der Waals surface area contributed by atoms with Crippen molar-refractivity contribution in [2.75, 3.05) is 39.9 Å². The molecular formula is C15H19ClN2O2. The number of amides is 1. The van der Waals surface area contributed by atoms with Gasteiger partial charge in [-0.1, -0.05) is 11.6 Å². The van der Waals surface area contributed by atoms with Gasteiger partial charge in [0.05, 0.1) is 19.3 Å². The summed E-state index contributed by atoms with van der Waals surface area (Å²) in [6.07, 6.45) is 0. The van der Waals surface area contributed by atoms with Gasteiger partial charge in [-0.2, -0.15) is 0 Å². The molecule has 4 nitrogen and oxygen atoms in total. The van der Waals surface area contributed by atoms with Crippen molar-refractivity contribution in [1.29, 1.82) is 0 Å². The second-order valence-corrected chi connectivity index (χ2v) is 6.18. The van der Waals surface area contributed by atoms with Gasteiger partial charge in [0.25, 0.3) is 5.91 Å². The quantitative estimate of drug-likeness (QED) is 0.791. The van der Waals surface area contributed by atoms with Crippen LogP contribution in [0, 0.1) is 5.92 Å². The van der Waals surface area contributed by atoms with Crippen LogP contribution in [-0.4, -0.2) is 61.6 Å². The molecule has 2 atom stereocenters. The van der Waals surface area contributed by atoms with Crippen LogP contribution >= 0.6 is 11.6 Å². The van der Waals surface area contributed by atoms with Gasteiger partial charge in [-0.05, 0) is 31.3 Å². The SMILES string of the molecule is CN1C[C@@H]2COC[C@H](C1)N(C(=O)c1ccc(Cl)cc1)C2. The predicted molar refractivity (Wildman–Crippen MR) is 78.1 cm³/mol. The van der Waals surface area contributed by atoms with Gasteiger partial charge >= 0.3 is 0 Å². The summed E-state index contributed by atoms with van der Waals surface area (Å²) in [5.74, 6) is 0.473. The van der Waals surface area contributed by atoms with E-state index >= 15 is 0 Å². The van der Waals surface area contributed by atoms with E-state index in [4.69, 9.17) is 16.3 Å². The van der Waals surface area contributed by atoms with Gasteiger partial charge in [-0.25, -0.2) is 0 Å². The molecule has 0 radical (unpaired) electrons. The molecular weight excluding hydrogens is 276 g/mol. The minimum atomic E-state index is 0.0810. The van der Waals surface area contributed by atoms with E-state index in [0.717, 1.165) is 26.2 Å². The number of carbonyl (C=O) groups excluding carboxylic acids is 1. The van der Waals surface area contributed by atoms with E-state index in [1.54, 1.807) is 24.3 Å². The predicted octanol–water partition coefficient (Wildman–Crippen LogP) is 1.74. The molecule has 2 saturated heterocycles. The number of hydrogen-bond donors (Lipinski definition) is 0.